The predicted molar refractivity (Wildman–Crippen MR) is 120 cm³/mol. The highest BCUT2D eigenvalue weighted by Gasteiger charge is 2.09. The lowest BCUT2D eigenvalue weighted by Gasteiger charge is -2.12. The van der Waals surface area contributed by atoms with Crippen LogP contribution in [0.2, 0.25) is 0 Å². The summed E-state index contributed by atoms with van der Waals surface area (Å²) < 4.78 is 16.5. The number of carbonyl (C=O) groups is 1. The fourth-order valence-electron chi connectivity index (χ4n) is 2.90. The van der Waals surface area contributed by atoms with Crippen LogP contribution in [0.15, 0.2) is 77.7 Å². The zero-order valence-electron chi connectivity index (χ0n) is 17.3. The van der Waals surface area contributed by atoms with Crippen LogP contribution in [0.3, 0.4) is 0 Å². The van der Waals surface area contributed by atoms with E-state index in [0.29, 0.717) is 30.9 Å². The molecule has 0 bridgehead atoms. The van der Waals surface area contributed by atoms with Crippen molar-refractivity contribution >= 4 is 17.7 Å². The fraction of sp³-hybridized carbons (Fsp3) is 0.240. The van der Waals surface area contributed by atoms with Gasteiger partial charge in [-0.25, -0.2) is 0 Å². The summed E-state index contributed by atoms with van der Waals surface area (Å²) >= 11 is 1.80. The van der Waals surface area contributed by atoms with E-state index in [-0.39, 0.29) is 5.97 Å². The molecule has 0 amide bonds. The van der Waals surface area contributed by atoms with E-state index >= 15 is 0 Å². The zero-order valence-corrected chi connectivity index (χ0v) is 18.1. The number of hydrogen-bond acceptors (Lipinski definition) is 5. The number of carbonyl (C=O) groups excluding carboxylic acids is 1. The molecular formula is C25H26O4S. The van der Waals surface area contributed by atoms with Crippen molar-refractivity contribution in [2.75, 3.05) is 13.7 Å². The lowest BCUT2D eigenvalue weighted by molar-refractivity contribution is -0.143. The molecule has 0 radical (unpaired) electrons. The lowest BCUT2D eigenvalue weighted by atomic mass is 10.1. The van der Waals surface area contributed by atoms with E-state index in [0.717, 1.165) is 17.1 Å². The van der Waals surface area contributed by atoms with Crippen LogP contribution in [0.5, 0.6) is 17.2 Å². The van der Waals surface area contributed by atoms with Crippen molar-refractivity contribution in [3.8, 4) is 17.2 Å². The first kappa shape index (κ1) is 21.8. The molecule has 0 aliphatic heterocycles. The molecule has 0 saturated heterocycles. The number of aryl methyl sites for hydroxylation is 1. The van der Waals surface area contributed by atoms with Crippen molar-refractivity contribution in [1.82, 2.24) is 0 Å². The summed E-state index contributed by atoms with van der Waals surface area (Å²) in [6.07, 6.45) is 0.933. The molecule has 3 rings (SSSR count). The second-order valence-electron chi connectivity index (χ2n) is 6.64. The van der Waals surface area contributed by atoms with Crippen LogP contribution >= 0.6 is 11.8 Å². The largest absolute Gasteiger partial charge is 0.493 e. The monoisotopic (exact) mass is 422 g/mol. The van der Waals surface area contributed by atoms with Gasteiger partial charge in [0, 0.05) is 17.1 Å². The standard InChI is InChI=1S/C25H26O4S/c1-3-28-25(26)16-12-19-11-15-23(27-2)24(17-19)29-21-13-9-20(10-14-21)18-30-22-7-5-4-6-8-22/h4-11,13-15,17H,3,12,16,18H2,1-2H3. The normalized spacial score (nSPS) is 10.5. The van der Waals surface area contributed by atoms with Gasteiger partial charge in [-0.2, -0.15) is 0 Å². The topological polar surface area (TPSA) is 44.8 Å². The van der Waals surface area contributed by atoms with Crippen LogP contribution < -0.4 is 9.47 Å². The summed E-state index contributed by atoms with van der Waals surface area (Å²) in [5.41, 5.74) is 2.22. The number of ether oxygens (including phenoxy) is 3. The van der Waals surface area contributed by atoms with Crippen molar-refractivity contribution < 1.29 is 19.0 Å². The number of rotatable bonds is 10. The summed E-state index contributed by atoms with van der Waals surface area (Å²) in [6.45, 7) is 2.21. The molecule has 3 aromatic carbocycles. The van der Waals surface area contributed by atoms with Crippen LogP contribution in [-0.4, -0.2) is 19.7 Å². The van der Waals surface area contributed by atoms with Crippen LogP contribution in [0.1, 0.15) is 24.5 Å². The Bertz CT molecular complexity index is 939. The smallest absolute Gasteiger partial charge is 0.306 e. The van der Waals surface area contributed by atoms with E-state index in [4.69, 9.17) is 14.2 Å². The molecule has 156 valence electrons. The summed E-state index contributed by atoms with van der Waals surface area (Å²) in [6, 6.07) is 24.1. The third-order valence-electron chi connectivity index (χ3n) is 4.45. The second-order valence-corrected chi connectivity index (χ2v) is 7.69. The second kappa shape index (κ2) is 11.3. The Kier molecular flexibility index (Phi) is 8.21. The van der Waals surface area contributed by atoms with E-state index in [1.54, 1.807) is 18.9 Å². The Morgan fingerprint density at radius 2 is 1.63 bits per heavy atom. The van der Waals surface area contributed by atoms with Crippen molar-refractivity contribution in [2.24, 2.45) is 0 Å². The van der Waals surface area contributed by atoms with Crippen LogP contribution in [0.4, 0.5) is 0 Å². The maximum Gasteiger partial charge on any atom is 0.306 e. The van der Waals surface area contributed by atoms with Crippen molar-refractivity contribution in [1.29, 1.82) is 0 Å². The Labute approximate surface area is 182 Å². The van der Waals surface area contributed by atoms with Gasteiger partial charge < -0.3 is 14.2 Å². The first-order chi connectivity index (χ1) is 14.7. The summed E-state index contributed by atoms with van der Waals surface area (Å²) in [5, 5.41) is 0. The molecule has 0 saturated carbocycles. The van der Waals surface area contributed by atoms with Gasteiger partial charge in [0.15, 0.2) is 11.5 Å². The molecule has 30 heavy (non-hydrogen) atoms. The molecule has 0 atom stereocenters. The molecule has 0 spiro atoms. The maximum absolute atomic E-state index is 11.6. The Morgan fingerprint density at radius 3 is 2.33 bits per heavy atom. The summed E-state index contributed by atoms with van der Waals surface area (Å²) in [4.78, 5) is 12.9. The molecule has 0 aliphatic carbocycles. The van der Waals surface area contributed by atoms with Gasteiger partial charge in [0.2, 0.25) is 0 Å². The molecule has 4 nitrogen and oxygen atoms in total. The molecule has 0 aliphatic rings. The molecule has 0 aromatic heterocycles. The average Bonchev–Trinajstić information content (AvgIpc) is 2.78. The van der Waals surface area contributed by atoms with Crippen molar-refractivity contribution in [2.45, 2.75) is 30.4 Å². The SMILES string of the molecule is CCOC(=O)CCc1ccc(OC)c(Oc2ccc(CSc3ccccc3)cc2)c1. The summed E-state index contributed by atoms with van der Waals surface area (Å²) in [7, 11) is 1.62. The summed E-state index contributed by atoms with van der Waals surface area (Å²) in [5.74, 6) is 2.73. The number of esters is 1. The van der Waals surface area contributed by atoms with E-state index in [9.17, 15) is 4.79 Å². The third kappa shape index (κ3) is 6.56. The van der Waals surface area contributed by atoms with Gasteiger partial charge in [0.25, 0.3) is 0 Å². The molecule has 0 unspecified atom stereocenters. The van der Waals surface area contributed by atoms with E-state index in [1.807, 2.05) is 55.5 Å². The number of benzene rings is 3. The van der Waals surface area contributed by atoms with Gasteiger partial charge in [-0.05, 0) is 60.9 Å². The number of methoxy groups -OCH3 is 1. The Hall–Kier alpha value is -2.92. The van der Waals surface area contributed by atoms with Gasteiger partial charge >= 0.3 is 5.97 Å². The first-order valence-corrected chi connectivity index (χ1v) is 10.9. The fourth-order valence-corrected chi connectivity index (χ4v) is 3.78. The van der Waals surface area contributed by atoms with Gasteiger partial charge in [0.05, 0.1) is 13.7 Å². The molecule has 0 N–H and O–H groups in total. The Morgan fingerprint density at radius 1 is 0.900 bits per heavy atom. The van der Waals surface area contributed by atoms with Gasteiger partial charge in [-0.3, -0.25) is 4.79 Å². The van der Waals surface area contributed by atoms with Gasteiger partial charge in [-0.15, -0.1) is 11.8 Å². The van der Waals surface area contributed by atoms with E-state index in [2.05, 4.69) is 24.3 Å². The van der Waals surface area contributed by atoms with E-state index < -0.39 is 0 Å². The van der Waals surface area contributed by atoms with Crippen LogP contribution in [0, 0.1) is 0 Å². The van der Waals surface area contributed by atoms with Crippen LogP contribution in [0.25, 0.3) is 0 Å². The zero-order chi connectivity index (χ0) is 21.2. The highest BCUT2D eigenvalue weighted by molar-refractivity contribution is 7.98. The molecular weight excluding hydrogens is 396 g/mol. The van der Waals surface area contributed by atoms with Crippen molar-refractivity contribution in [3.05, 3.63) is 83.9 Å². The highest BCUT2D eigenvalue weighted by Crippen LogP contribution is 2.33. The van der Waals surface area contributed by atoms with Crippen LogP contribution in [-0.2, 0) is 21.7 Å². The minimum atomic E-state index is -0.195. The highest BCUT2D eigenvalue weighted by atomic mass is 32.2. The molecule has 0 fully saturated rings. The number of thioether (sulfide) groups is 1. The molecule has 0 heterocycles. The average molecular weight is 423 g/mol. The maximum atomic E-state index is 11.6. The molecule has 3 aromatic rings. The third-order valence-corrected chi connectivity index (χ3v) is 5.53. The van der Waals surface area contributed by atoms with E-state index in [1.165, 1.54) is 10.5 Å². The quantitative estimate of drug-likeness (QED) is 0.284. The minimum absolute atomic E-state index is 0.195. The molecule has 5 heteroatoms. The Balaban J connectivity index is 1.62. The van der Waals surface area contributed by atoms with Gasteiger partial charge in [0.1, 0.15) is 5.75 Å². The predicted octanol–water partition coefficient (Wildman–Crippen LogP) is 6.28. The van der Waals surface area contributed by atoms with Crippen molar-refractivity contribution in [3.63, 3.8) is 0 Å². The lowest BCUT2D eigenvalue weighted by Crippen LogP contribution is -2.05. The first-order valence-electron chi connectivity index (χ1n) is 9.95. The number of hydrogen-bond donors (Lipinski definition) is 0. The van der Waals surface area contributed by atoms with Gasteiger partial charge in [-0.1, -0.05) is 36.4 Å². The minimum Gasteiger partial charge on any atom is -0.493 e.